The van der Waals surface area contributed by atoms with E-state index in [1.54, 1.807) is 23.6 Å². The molecule has 1 aromatic rings. The number of aryl methyl sites for hydroxylation is 2. The number of rotatable bonds is 4. The fraction of sp³-hybridized carbons (Fsp3) is 0.579. The molecule has 0 aliphatic carbocycles. The maximum Gasteiger partial charge on any atom is 0.409 e. The molecule has 138 valence electrons. The van der Waals surface area contributed by atoms with Gasteiger partial charge < -0.3 is 19.3 Å². The quantitative estimate of drug-likeness (QED) is 0.839. The van der Waals surface area contributed by atoms with E-state index < -0.39 is 6.10 Å². The van der Waals surface area contributed by atoms with Gasteiger partial charge in [-0.2, -0.15) is 0 Å². The van der Waals surface area contributed by atoms with E-state index in [0.29, 0.717) is 32.8 Å². The summed E-state index contributed by atoms with van der Waals surface area (Å²) in [4.78, 5) is 27.8. The molecule has 0 spiro atoms. The van der Waals surface area contributed by atoms with E-state index in [9.17, 15) is 9.59 Å². The molecule has 2 amide bonds. The average molecular weight is 348 g/mol. The van der Waals surface area contributed by atoms with Gasteiger partial charge in [-0.1, -0.05) is 6.07 Å². The van der Waals surface area contributed by atoms with Crippen LogP contribution in [0.15, 0.2) is 12.1 Å². The number of nitrogens with zero attached hydrogens (tertiary/aromatic N) is 2. The zero-order valence-corrected chi connectivity index (χ0v) is 15.8. The number of hydrogen-bond donors (Lipinski definition) is 0. The summed E-state index contributed by atoms with van der Waals surface area (Å²) in [7, 11) is 0. The minimum Gasteiger partial charge on any atom is -0.481 e. The van der Waals surface area contributed by atoms with E-state index in [4.69, 9.17) is 9.47 Å². The lowest BCUT2D eigenvalue weighted by Crippen LogP contribution is -2.53. The lowest BCUT2D eigenvalue weighted by Gasteiger charge is -2.35. The summed E-state index contributed by atoms with van der Waals surface area (Å²) in [6.07, 6.45) is -0.876. The zero-order chi connectivity index (χ0) is 18.6. The van der Waals surface area contributed by atoms with Gasteiger partial charge in [0.1, 0.15) is 5.75 Å². The van der Waals surface area contributed by atoms with E-state index in [1.807, 2.05) is 26.8 Å². The second-order valence-electron chi connectivity index (χ2n) is 6.48. The summed E-state index contributed by atoms with van der Waals surface area (Å²) in [5.74, 6) is 0.700. The summed E-state index contributed by atoms with van der Waals surface area (Å²) >= 11 is 0. The van der Waals surface area contributed by atoms with Crippen LogP contribution in [-0.2, 0) is 9.53 Å². The first-order valence-electron chi connectivity index (χ1n) is 8.78. The van der Waals surface area contributed by atoms with Gasteiger partial charge in [0, 0.05) is 26.2 Å². The van der Waals surface area contributed by atoms with Crippen molar-refractivity contribution in [2.24, 2.45) is 0 Å². The minimum atomic E-state index is -0.561. The smallest absolute Gasteiger partial charge is 0.409 e. The van der Waals surface area contributed by atoms with Gasteiger partial charge in [0.05, 0.1) is 6.61 Å². The van der Waals surface area contributed by atoms with Crippen molar-refractivity contribution < 1.29 is 19.1 Å². The molecule has 0 radical (unpaired) electrons. The molecular formula is C19H28N2O4. The number of ether oxygens (including phenoxy) is 2. The normalized spacial score (nSPS) is 15.7. The van der Waals surface area contributed by atoms with Crippen molar-refractivity contribution in [2.75, 3.05) is 32.8 Å². The molecular weight excluding hydrogens is 320 g/mol. The molecule has 1 saturated heterocycles. The summed E-state index contributed by atoms with van der Waals surface area (Å²) in [6.45, 7) is 11.9. The van der Waals surface area contributed by atoms with Gasteiger partial charge in [-0.3, -0.25) is 4.79 Å². The maximum atomic E-state index is 12.7. The summed E-state index contributed by atoms with van der Waals surface area (Å²) in [5, 5.41) is 0. The van der Waals surface area contributed by atoms with E-state index in [-0.39, 0.29) is 12.0 Å². The lowest BCUT2D eigenvalue weighted by molar-refractivity contribution is -0.139. The SMILES string of the molecule is CCOC(=O)N1CCN(C(=O)C(C)Oc2cc(C)cc(C)c2C)CC1. The first-order valence-corrected chi connectivity index (χ1v) is 8.78. The number of carbonyl (C=O) groups is 2. The number of amides is 2. The van der Waals surface area contributed by atoms with E-state index in [0.717, 1.165) is 22.4 Å². The standard InChI is InChI=1S/C19H28N2O4/c1-6-24-19(23)21-9-7-20(8-10-21)18(22)16(5)25-17-12-13(2)11-14(3)15(17)4/h11-12,16H,6-10H2,1-5H3. The topological polar surface area (TPSA) is 59.1 Å². The maximum absolute atomic E-state index is 12.7. The van der Waals surface area contributed by atoms with Crippen molar-refractivity contribution in [3.05, 3.63) is 28.8 Å². The Bertz CT molecular complexity index is 637. The minimum absolute atomic E-state index is 0.0536. The Morgan fingerprint density at radius 1 is 1.08 bits per heavy atom. The first kappa shape index (κ1) is 19.1. The van der Waals surface area contributed by atoms with Crippen LogP contribution >= 0.6 is 0 Å². The predicted octanol–water partition coefficient (Wildman–Crippen LogP) is 2.68. The van der Waals surface area contributed by atoms with Crippen LogP contribution in [0.3, 0.4) is 0 Å². The second-order valence-corrected chi connectivity index (χ2v) is 6.48. The highest BCUT2D eigenvalue weighted by Crippen LogP contribution is 2.24. The van der Waals surface area contributed by atoms with Gasteiger partial charge in [-0.25, -0.2) is 4.79 Å². The van der Waals surface area contributed by atoms with Crippen LogP contribution in [0.1, 0.15) is 30.5 Å². The molecule has 1 aliphatic rings. The third kappa shape index (κ3) is 4.65. The number of piperazine rings is 1. The van der Waals surface area contributed by atoms with Crippen molar-refractivity contribution >= 4 is 12.0 Å². The largest absolute Gasteiger partial charge is 0.481 e. The van der Waals surface area contributed by atoms with Crippen molar-refractivity contribution in [1.82, 2.24) is 9.80 Å². The zero-order valence-electron chi connectivity index (χ0n) is 15.8. The molecule has 1 unspecified atom stereocenters. The number of hydrogen-bond acceptors (Lipinski definition) is 4. The molecule has 1 aliphatic heterocycles. The van der Waals surface area contributed by atoms with Crippen LogP contribution in [0, 0.1) is 20.8 Å². The molecule has 1 aromatic carbocycles. The van der Waals surface area contributed by atoms with E-state index in [1.165, 1.54) is 0 Å². The highest BCUT2D eigenvalue weighted by molar-refractivity contribution is 5.81. The van der Waals surface area contributed by atoms with Gasteiger partial charge in [-0.15, -0.1) is 0 Å². The molecule has 25 heavy (non-hydrogen) atoms. The Balaban J connectivity index is 1.94. The van der Waals surface area contributed by atoms with Crippen LogP contribution in [0.25, 0.3) is 0 Å². The fourth-order valence-electron chi connectivity index (χ4n) is 2.95. The molecule has 0 aromatic heterocycles. The summed E-state index contributed by atoms with van der Waals surface area (Å²) in [6, 6.07) is 4.06. The van der Waals surface area contributed by atoms with Gasteiger partial charge in [0.15, 0.2) is 6.10 Å². The molecule has 6 nitrogen and oxygen atoms in total. The summed E-state index contributed by atoms with van der Waals surface area (Å²) < 4.78 is 10.9. The predicted molar refractivity (Wildman–Crippen MR) is 95.9 cm³/mol. The van der Waals surface area contributed by atoms with Crippen molar-refractivity contribution in [2.45, 2.75) is 40.7 Å². The van der Waals surface area contributed by atoms with Crippen molar-refractivity contribution in [1.29, 1.82) is 0 Å². The van der Waals surface area contributed by atoms with Gasteiger partial charge in [-0.05, 0) is 57.4 Å². The Morgan fingerprint density at radius 3 is 2.28 bits per heavy atom. The summed E-state index contributed by atoms with van der Waals surface area (Å²) in [5.41, 5.74) is 3.32. The fourth-order valence-corrected chi connectivity index (χ4v) is 2.95. The molecule has 2 rings (SSSR count). The molecule has 0 saturated carbocycles. The highest BCUT2D eigenvalue weighted by atomic mass is 16.6. The number of carbonyl (C=O) groups excluding carboxylic acids is 2. The molecule has 0 bridgehead atoms. The Kier molecular flexibility index (Phi) is 6.28. The highest BCUT2D eigenvalue weighted by Gasteiger charge is 2.28. The van der Waals surface area contributed by atoms with Crippen molar-refractivity contribution in [3.8, 4) is 5.75 Å². The third-order valence-corrected chi connectivity index (χ3v) is 4.53. The molecule has 1 fully saturated rings. The Morgan fingerprint density at radius 2 is 1.68 bits per heavy atom. The van der Waals surface area contributed by atoms with Crippen molar-refractivity contribution in [3.63, 3.8) is 0 Å². The van der Waals surface area contributed by atoms with E-state index in [2.05, 4.69) is 6.07 Å². The van der Waals surface area contributed by atoms with Crippen LogP contribution in [0.4, 0.5) is 4.79 Å². The molecule has 1 heterocycles. The molecule has 1 atom stereocenters. The van der Waals surface area contributed by atoms with Crippen LogP contribution in [0.5, 0.6) is 5.75 Å². The van der Waals surface area contributed by atoms with Crippen LogP contribution in [0.2, 0.25) is 0 Å². The van der Waals surface area contributed by atoms with Crippen LogP contribution in [-0.4, -0.2) is 60.7 Å². The molecule has 0 N–H and O–H groups in total. The second kappa shape index (κ2) is 8.23. The van der Waals surface area contributed by atoms with Gasteiger partial charge in [0.25, 0.3) is 5.91 Å². The molecule has 6 heteroatoms. The Labute approximate surface area is 149 Å². The van der Waals surface area contributed by atoms with E-state index >= 15 is 0 Å². The monoisotopic (exact) mass is 348 g/mol. The van der Waals surface area contributed by atoms with Crippen LogP contribution < -0.4 is 4.74 Å². The average Bonchev–Trinajstić information content (AvgIpc) is 2.58. The lowest BCUT2D eigenvalue weighted by atomic mass is 10.1. The Hall–Kier alpha value is -2.24. The number of benzene rings is 1. The first-order chi connectivity index (χ1) is 11.8. The van der Waals surface area contributed by atoms with Gasteiger partial charge in [0.2, 0.25) is 0 Å². The third-order valence-electron chi connectivity index (χ3n) is 4.53. The van der Waals surface area contributed by atoms with Gasteiger partial charge >= 0.3 is 6.09 Å².